The first kappa shape index (κ1) is 9.86. The Morgan fingerprint density at radius 1 is 1.62 bits per heavy atom. The zero-order chi connectivity index (χ0) is 11.5. The quantitative estimate of drug-likeness (QED) is 0.729. The van der Waals surface area contributed by atoms with Gasteiger partial charge in [-0.1, -0.05) is 15.9 Å². The van der Waals surface area contributed by atoms with Gasteiger partial charge in [-0.2, -0.15) is 5.26 Å². The van der Waals surface area contributed by atoms with Crippen molar-refractivity contribution < 1.29 is 4.79 Å². The summed E-state index contributed by atoms with van der Waals surface area (Å²) in [5.41, 5.74) is 1.40. The minimum absolute atomic E-state index is 0.0622. The second kappa shape index (κ2) is 2.86. The number of carbonyl (C=O) groups is 1. The molecule has 1 heterocycles. The van der Waals surface area contributed by atoms with Crippen molar-refractivity contribution in [2.75, 3.05) is 11.9 Å². The zero-order valence-electron chi connectivity index (χ0n) is 8.70. The van der Waals surface area contributed by atoms with Crippen molar-refractivity contribution in [2.24, 2.45) is 5.92 Å². The van der Waals surface area contributed by atoms with Crippen LogP contribution in [0.2, 0.25) is 0 Å². The predicted octanol–water partition coefficient (Wildman–Crippen LogP) is 2.21. The third-order valence-corrected chi connectivity index (χ3v) is 4.10. The van der Waals surface area contributed by atoms with Gasteiger partial charge < -0.3 is 4.90 Å². The van der Waals surface area contributed by atoms with Crippen LogP contribution < -0.4 is 4.90 Å². The molecule has 16 heavy (non-hydrogen) atoms. The smallest absolute Gasteiger partial charge is 0.238 e. The van der Waals surface area contributed by atoms with Gasteiger partial charge in [0.2, 0.25) is 5.91 Å². The first-order valence-electron chi connectivity index (χ1n) is 5.09. The van der Waals surface area contributed by atoms with E-state index in [0.717, 1.165) is 15.7 Å². The van der Waals surface area contributed by atoms with Crippen LogP contribution in [0.25, 0.3) is 0 Å². The molecule has 1 spiro atoms. The Morgan fingerprint density at radius 2 is 2.38 bits per heavy atom. The van der Waals surface area contributed by atoms with Gasteiger partial charge in [-0.05, 0) is 30.2 Å². The highest BCUT2D eigenvalue weighted by molar-refractivity contribution is 9.10. The molecule has 3 nitrogen and oxygen atoms in total. The molecule has 0 saturated heterocycles. The fourth-order valence-electron chi connectivity index (χ4n) is 2.63. The molecule has 2 atom stereocenters. The van der Waals surface area contributed by atoms with Crippen LogP contribution in [0.4, 0.5) is 5.69 Å². The van der Waals surface area contributed by atoms with E-state index in [0.29, 0.717) is 6.42 Å². The standard InChI is InChI=1S/C12H9BrN2O/c1-15-10-3-2-8(13)4-9(10)12(11(15)16)5-7(12)6-14/h2-4,7H,5H2,1H3. The lowest BCUT2D eigenvalue weighted by Crippen LogP contribution is -2.29. The SMILES string of the molecule is CN1C(=O)C2(CC2C#N)c2cc(Br)ccc21. The monoisotopic (exact) mass is 276 g/mol. The van der Waals surface area contributed by atoms with Crippen LogP contribution >= 0.6 is 15.9 Å². The summed E-state index contributed by atoms with van der Waals surface area (Å²) >= 11 is 3.41. The van der Waals surface area contributed by atoms with E-state index < -0.39 is 5.41 Å². The van der Waals surface area contributed by atoms with Gasteiger partial charge in [0.05, 0.1) is 17.4 Å². The van der Waals surface area contributed by atoms with Crippen molar-refractivity contribution in [3.63, 3.8) is 0 Å². The predicted molar refractivity (Wildman–Crippen MR) is 63.0 cm³/mol. The molecule has 0 N–H and O–H groups in total. The minimum atomic E-state index is -0.539. The van der Waals surface area contributed by atoms with Crippen molar-refractivity contribution in [1.29, 1.82) is 5.26 Å². The third kappa shape index (κ3) is 0.946. The number of carbonyl (C=O) groups excluding carboxylic acids is 1. The lowest BCUT2D eigenvalue weighted by molar-refractivity contribution is -0.120. The van der Waals surface area contributed by atoms with Gasteiger partial charge in [0, 0.05) is 17.2 Å². The van der Waals surface area contributed by atoms with E-state index in [1.165, 1.54) is 0 Å². The average molecular weight is 277 g/mol. The lowest BCUT2D eigenvalue weighted by Gasteiger charge is -2.09. The number of anilines is 1. The number of nitriles is 1. The maximum atomic E-state index is 12.2. The number of amides is 1. The molecular formula is C12H9BrN2O. The van der Waals surface area contributed by atoms with E-state index >= 15 is 0 Å². The Balaban J connectivity index is 2.23. The number of halogens is 1. The summed E-state index contributed by atoms with van der Waals surface area (Å²) in [6, 6.07) is 8.04. The molecule has 3 rings (SSSR count). The van der Waals surface area contributed by atoms with Crippen molar-refractivity contribution in [3.05, 3.63) is 28.2 Å². The van der Waals surface area contributed by atoms with Gasteiger partial charge >= 0.3 is 0 Å². The molecule has 0 radical (unpaired) electrons. The van der Waals surface area contributed by atoms with Crippen LogP contribution in [0.15, 0.2) is 22.7 Å². The summed E-state index contributed by atoms with van der Waals surface area (Å²) in [4.78, 5) is 13.9. The maximum absolute atomic E-state index is 12.2. The Bertz CT molecular complexity index is 548. The number of hydrogen-bond acceptors (Lipinski definition) is 2. The van der Waals surface area contributed by atoms with E-state index in [9.17, 15) is 4.79 Å². The van der Waals surface area contributed by atoms with Crippen LogP contribution in [0.3, 0.4) is 0 Å². The van der Waals surface area contributed by atoms with E-state index in [2.05, 4.69) is 22.0 Å². The second-order valence-electron chi connectivity index (χ2n) is 4.38. The summed E-state index contributed by atoms with van der Waals surface area (Å²) in [6.45, 7) is 0. The van der Waals surface area contributed by atoms with E-state index in [1.54, 1.807) is 11.9 Å². The fraction of sp³-hybridized carbons (Fsp3) is 0.333. The molecule has 80 valence electrons. The van der Waals surface area contributed by atoms with E-state index in [1.807, 2.05) is 18.2 Å². The van der Waals surface area contributed by atoms with Crippen molar-refractivity contribution in [3.8, 4) is 6.07 Å². The maximum Gasteiger partial charge on any atom is 0.238 e. The Morgan fingerprint density at radius 3 is 3.00 bits per heavy atom. The molecule has 1 saturated carbocycles. The van der Waals surface area contributed by atoms with Crippen molar-refractivity contribution in [2.45, 2.75) is 11.8 Å². The first-order chi connectivity index (χ1) is 7.61. The summed E-state index contributed by atoms with van der Waals surface area (Å²) < 4.78 is 0.956. The molecule has 0 bridgehead atoms. The van der Waals surface area contributed by atoms with Gasteiger partial charge in [0.25, 0.3) is 0 Å². The molecule has 1 aromatic carbocycles. The topological polar surface area (TPSA) is 44.1 Å². The number of rotatable bonds is 0. The highest BCUT2D eigenvalue weighted by Gasteiger charge is 2.66. The molecule has 2 unspecified atom stereocenters. The summed E-state index contributed by atoms with van der Waals surface area (Å²) in [5.74, 6) is -0.0925. The van der Waals surface area contributed by atoms with Crippen molar-refractivity contribution in [1.82, 2.24) is 0 Å². The van der Waals surface area contributed by atoms with Crippen LogP contribution in [0, 0.1) is 17.2 Å². The molecule has 1 aliphatic heterocycles. The highest BCUT2D eigenvalue weighted by atomic mass is 79.9. The largest absolute Gasteiger partial charge is 0.314 e. The van der Waals surface area contributed by atoms with Crippen LogP contribution in [-0.2, 0) is 10.2 Å². The highest BCUT2D eigenvalue weighted by Crippen LogP contribution is 2.61. The molecule has 1 aromatic rings. The molecule has 4 heteroatoms. The number of hydrogen-bond donors (Lipinski definition) is 0. The molecular weight excluding hydrogens is 268 g/mol. The van der Waals surface area contributed by atoms with E-state index in [4.69, 9.17) is 5.26 Å². The molecule has 2 aliphatic rings. The van der Waals surface area contributed by atoms with Crippen LogP contribution in [-0.4, -0.2) is 13.0 Å². The minimum Gasteiger partial charge on any atom is -0.314 e. The van der Waals surface area contributed by atoms with Gasteiger partial charge in [-0.25, -0.2) is 0 Å². The Labute approximate surface area is 102 Å². The first-order valence-corrected chi connectivity index (χ1v) is 5.88. The number of benzene rings is 1. The molecule has 1 fully saturated rings. The number of likely N-dealkylation sites (N-methyl/N-ethyl adjacent to an activating group) is 1. The van der Waals surface area contributed by atoms with Gasteiger partial charge in [-0.3, -0.25) is 4.79 Å². The molecule has 0 aromatic heterocycles. The van der Waals surface area contributed by atoms with Gasteiger partial charge in [-0.15, -0.1) is 0 Å². The number of fused-ring (bicyclic) bond motifs is 2. The number of nitrogens with zero attached hydrogens (tertiary/aromatic N) is 2. The fourth-order valence-corrected chi connectivity index (χ4v) is 3.00. The van der Waals surface area contributed by atoms with Crippen molar-refractivity contribution >= 4 is 27.5 Å². The van der Waals surface area contributed by atoms with Crippen LogP contribution in [0.5, 0.6) is 0 Å². The summed E-state index contributed by atoms with van der Waals surface area (Å²) in [5, 5.41) is 9.00. The van der Waals surface area contributed by atoms with Gasteiger partial charge in [0.1, 0.15) is 0 Å². The normalized spacial score (nSPS) is 30.4. The lowest BCUT2D eigenvalue weighted by atomic mass is 9.95. The van der Waals surface area contributed by atoms with Gasteiger partial charge in [0.15, 0.2) is 0 Å². The Hall–Kier alpha value is -1.34. The molecule has 1 amide bonds. The summed E-state index contributed by atoms with van der Waals surface area (Å²) in [6.07, 6.45) is 0.663. The average Bonchev–Trinajstić information content (AvgIpc) is 2.98. The summed E-state index contributed by atoms with van der Waals surface area (Å²) in [7, 11) is 1.77. The Kier molecular flexibility index (Phi) is 1.76. The van der Waals surface area contributed by atoms with E-state index in [-0.39, 0.29) is 11.8 Å². The van der Waals surface area contributed by atoms with Crippen LogP contribution in [0.1, 0.15) is 12.0 Å². The third-order valence-electron chi connectivity index (χ3n) is 3.60. The second-order valence-corrected chi connectivity index (χ2v) is 5.30. The molecule has 1 aliphatic carbocycles. The zero-order valence-corrected chi connectivity index (χ0v) is 10.3.